The fourth-order valence-electron chi connectivity index (χ4n) is 3.77. The zero-order valence-corrected chi connectivity index (χ0v) is 14.7. The molecule has 0 radical (unpaired) electrons. The third-order valence-electron chi connectivity index (χ3n) is 5.08. The highest BCUT2D eigenvalue weighted by Gasteiger charge is 2.39. The summed E-state index contributed by atoms with van der Waals surface area (Å²) in [7, 11) is 0. The van der Waals surface area contributed by atoms with Gasteiger partial charge in [0.1, 0.15) is 5.82 Å². The summed E-state index contributed by atoms with van der Waals surface area (Å²) in [5.74, 6) is -1.46. The van der Waals surface area contributed by atoms with Crippen molar-refractivity contribution in [3.63, 3.8) is 0 Å². The molecule has 1 heterocycles. The number of carboxylic acid groups (broad SMARTS) is 1. The van der Waals surface area contributed by atoms with E-state index in [2.05, 4.69) is 0 Å². The molecule has 2 aromatic carbocycles. The van der Waals surface area contributed by atoms with Crippen molar-refractivity contribution in [3.8, 4) is 0 Å². The summed E-state index contributed by atoms with van der Waals surface area (Å²) < 4.78 is 52.8. The van der Waals surface area contributed by atoms with Gasteiger partial charge >= 0.3 is 12.3 Å². The van der Waals surface area contributed by atoms with E-state index in [-0.39, 0.29) is 12.1 Å². The number of amides is 1. The maximum absolute atomic E-state index is 13.3. The molecule has 1 fully saturated rings. The number of likely N-dealkylation sites (tertiary alicyclic amines) is 1. The molecule has 0 bridgehead atoms. The molecule has 4 nitrogen and oxygen atoms in total. The Morgan fingerprint density at radius 2 is 1.79 bits per heavy atom. The Hall–Kier alpha value is -2.61. The molecule has 0 aliphatic carbocycles. The van der Waals surface area contributed by atoms with E-state index in [1.807, 2.05) is 0 Å². The van der Waals surface area contributed by atoms with Gasteiger partial charge in [0.15, 0.2) is 0 Å². The lowest BCUT2D eigenvalue weighted by molar-refractivity contribution is -0.137. The van der Waals surface area contributed by atoms with Gasteiger partial charge in [0.25, 0.3) is 0 Å². The van der Waals surface area contributed by atoms with E-state index in [1.54, 1.807) is 0 Å². The maximum atomic E-state index is 13.3. The van der Waals surface area contributed by atoms with E-state index in [0.717, 1.165) is 29.2 Å². The highest BCUT2D eigenvalue weighted by Crippen LogP contribution is 2.37. The summed E-state index contributed by atoms with van der Waals surface area (Å²) in [5, 5.41) is 20.4. The van der Waals surface area contributed by atoms with Crippen LogP contribution < -0.4 is 0 Å². The van der Waals surface area contributed by atoms with Crippen LogP contribution in [0.25, 0.3) is 0 Å². The Labute approximate surface area is 159 Å². The third-order valence-corrected chi connectivity index (χ3v) is 5.08. The zero-order valence-electron chi connectivity index (χ0n) is 14.7. The Balaban J connectivity index is 2.06. The largest absolute Gasteiger partial charge is 0.465 e. The van der Waals surface area contributed by atoms with Crippen LogP contribution in [0.3, 0.4) is 0 Å². The molecule has 2 aromatic rings. The third kappa shape index (κ3) is 4.11. The molecule has 8 heteroatoms. The molecule has 1 aliphatic heterocycles. The van der Waals surface area contributed by atoms with Crippen LogP contribution in [0.5, 0.6) is 0 Å². The van der Waals surface area contributed by atoms with E-state index < -0.39 is 41.7 Å². The highest BCUT2D eigenvalue weighted by atomic mass is 19.4. The van der Waals surface area contributed by atoms with Gasteiger partial charge in [-0.1, -0.05) is 30.3 Å². The topological polar surface area (TPSA) is 60.8 Å². The van der Waals surface area contributed by atoms with E-state index in [4.69, 9.17) is 0 Å². The molecule has 1 amide bonds. The molecule has 28 heavy (non-hydrogen) atoms. The van der Waals surface area contributed by atoms with E-state index in [9.17, 15) is 32.6 Å². The second-order valence-electron chi connectivity index (χ2n) is 6.83. The molecule has 1 saturated heterocycles. The van der Waals surface area contributed by atoms with Gasteiger partial charge in [0.05, 0.1) is 17.7 Å². The van der Waals surface area contributed by atoms with Gasteiger partial charge in [0, 0.05) is 12.5 Å². The number of carbonyl (C=O) groups is 1. The average molecular weight is 397 g/mol. The first-order chi connectivity index (χ1) is 13.2. The summed E-state index contributed by atoms with van der Waals surface area (Å²) in [6.45, 7) is 0.246. The minimum atomic E-state index is -4.56. The molecule has 1 aliphatic rings. The summed E-state index contributed by atoms with van der Waals surface area (Å²) >= 11 is 0. The number of benzene rings is 2. The van der Waals surface area contributed by atoms with Crippen LogP contribution >= 0.6 is 0 Å². The fourth-order valence-corrected chi connectivity index (χ4v) is 3.77. The van der Waals surface area contributed by atoms with Crippen molar-refractivity contribution in [3.05, 3.63) is 71.0 Å². The number of alkyl halides is 3. The summed E-state index contributed by atoms with van der Waals surface area (Å²) in [4.78, 5) is 12.6. The van der Waals surface area contributed by atoms with Crippen LogP contribution in [-0.2, 0) is 6.18 Å². The first-order valence-corrected chi connectivity index (χ1v) is 8.78. The van der Waals surface area contributed by atoms with Gasteiger partial charge in [0.2, 0.25) is 0 Å². The predicted octanol–water partition coefficient (Wildman–Crippen LogP) is 4.48. The highest BCUT2D eigenvalue weighted by molar-refractivity contribution is 5.66. The van der Waals surface area contributed by atoms with Crippen LogP contribution in [0, 0.1) is 5.82 Å². The number of halogens is 4. The van der Waals surface area contributed by atoms with Gasteiger partial charge < -0.3 is 15.1 Å². The fraction of sp³-hybridized carbons (Fsp3) is 0.350. The number of nitrogens with zero attached hydrogens (tertiary/aromatic N) is 1. The number of aliphatic hydroxyl groups excluding tert-OH is 1. The lowest BCUT2D eigenvalue weighted by atomic mass is 9.82. The Morgan fingerprint density at radius 1 is 1.11 bits per heavy atom. The van der Waals surface area contributed by atoms with E-state index in [0.29, 0.717) is 18.4 Å². The van der Waals surface area contributed by atoms with E-state index >= 15 is 0 Å². The molecule has 0 spiro atoms. The lowest BCUT2D eigenvalue weighted by Crippen LogP contribution is -2.44. The standard InChI is InChI=1S/C20H19F4NO3/c21-15-8-6-12(7-9-15)17(13-3-1-4-14(11-13)20(22,23)24)18(26)16-5-2-10-25(16)19(27)28/h1,3-4,6-9,11,16-18,26H,2,5,10H2,(H,27,28)/t16-,17-,18-/m1/s1. The van der Waals surface area contributed by atoms with Crippen molar-refractivity contribution in [1.82, 2.24) is 4.90 Å². The zero-order chi connectivity index (χ0) is 20.5. The molecule has 3 rings (SSSR count). The van der Waals surface area contributed by atoms with Crippen LogP contribution in [0.15, 0.2) is 48.5 Å². The molecule has 2 N–H and O–H groups in total. The number of hydrogen-bond acceptors (Lipinski definition) is 2. The second-order valence-corrected chi connectivity index (χ2v) is 6.83. The van der Waals surface area contributed by atoms with Crippen LogP contribution in [0.1, 0.15) is 35.4 Å². The van der Waals surface area contributed by atoms with Crippen molar-refractivity contribution in [1.29, 1.82) is 0 Å². The molecule has 0 saturated carbocycles. The van der Waals surface area contributed by atoms with E-state index in [1.165, 1.54) is 24.3 Å². The Morgan fingerprint density at radius 3 is 2.39 bits per heavy atom. The summed E-state index contributed by atoms with van der Waals surface area (Å²) in [6, 6.07) is 8.90. The molecule has 150 valence electrons. The lowest BCUT2D eigenvalue weighted by Gasteiger charge is -2.33. The number of rotatable bonds is 4. The quantitative estimate of drug-likeness (QED) is 0.748. The Kier molecular flexibility index (Phi) is 5.60. The molecular formula is C20H19F4NO3. The van der Waals surface area contributed by atoms with Crippen molar-refractivity contribution in [2.24, 2.45) is 0 Å². The van der Waals surface area contributed by atoms with Gasteiger partial charge in [-0.3, -0.25) is 0 Å². The summed E-state index contributed by atoms with van der Waals surface area (Å²) in [5.41, 5.74) is -0.276. The second kappa shape index (κ2) is 7.79. The van der Waals surface area contributed by atoms with Crippen LogP contribution in [0.4, 0.5) is 22.4 Å². The van der Waals surface area contributed by atoms with Crippen molar-refractivity contribution in [2.45, 2.75) is 37.1 Å². The van der Waals surface area contributed by atoms with Gasteiger partial charge in [-0.25, -0.2) is 9.18 Å². The number of aliphatic hydroxyl groups is 1. The maximum Gasteiger partial charge on any atom is 0.416 e. The normalized spacial score (nSPS) is 19.5. The van der Waals surface area contributed by atoms with Crippen molar-refractivity contribution >= 4 is 6.09 Å². The van der Waals surface area contributed by atoms with Crippen molar-refractivity contribution < 1.29 is 32.6 Å². The minimum absolute atomic E-state index is 0.186. The first kappa shape index (κ1) is 20.1. The molecule has 0 aromatic heterocycles. The van der Waals surface area contributed by atoms with Gasteiger partial charge in [-0.05, 0) is 42.2 Å². The monoisotopic (exact) mass is 397 g/mol. The Bertz CT molecular complexity index is 838. The van der Waals surface area contributed by atoms with Gasteiger partial charge in [-0.2, -0.15) is 13.2 Å². The molecule has 3 atom stereocenters. The van der Waals surface area contributed by atoms with Crippen LogP contribution in [0.2, 0.25) is 0 Å². The van der Waals surface area contributed by atoms with Crippen molar-refractivity contribution in [2.75, 3.05) is 6.54 Å². The van der Waals surface area contributed by atoms with Gasteiger partial charge in [-0.15, -0.1) is 0 Å². The number of hydrogen-bond donors (Lipinski definition) is 2. The molecule has 0 unspecified atom stereocenters. The first-order valence-electron chi connectivity index (χ1n) is 8.78. The smallest absolute Gasteiger partial charge is 0.416 e. The predicted molar refractivity (Wildman–Crippen MR) is 93.4 cm³/mol. The SMILES string of the molecule is O=C(O)N1CCC[C@@H]1[C@@H](O)[C@H](c1ccc(F)cc1)c1cccc(C(F)(F)F)c1. The minimum Gasteiger partial charge on any atom is -0.465 e. The average Bonchev–Trinajstić information content (AvgIpc) is 3.13. The van der Waals surface area contributed by atoms with Crippen LogP contribution in [-0.4, -0.2) is 39.9 Å². The summed E-state index contributed by atoms with van der Waals surface area (Å²) in [6.07, 6.45) is -6.10. The molecular weight excluding hydrogens is 378 g/mol.